The average molecular weight is 281 g/mol. The summed E-state index contributed by atoms with van der Waals surface area (Å²) in [4.78, 5) is 8.92. The first kappa shape index (κ1) is 12.7. The number of nitrogens with zero attached hydrogens (tertiary/aromatic N) is 3. The zero-order chi connectivity index (χ0) is 13.0. The molecular formula is C11H9ClN4OS. The van der Waals surface area contributed by atoms with Gasteiger partial charge in [-0.2, -0.15) is 0 Å². The van der Waals surface area contributed by atoms with Gasteiger partial charge in [-0.15, -0.1) is 0 Å². The predicted molar refractivity (Wildman–Crippen MR) is 70.1 cm³/mol. The monoisotopic (exact) mass is 280 g/mol. The van der Waals surface area contributed by atoms with E-state index in [9.17, 15) is 0 Å². The van der Waals surface area contributed by atoms with E-state index >= 15 is 0 Å². The Hall–Kier alpha value is -1.79. The summed E-state index contributed by atoms with van der Waals surface area (Å²) in [5.74, 6) is 0.0186. The molecule has 0 amide bonds. The third kappa shape index (κ3) is 2.91. The van der Waals surface area contributed by atoms with Gasteiger partial charge in [0.2, 0.25) is 0 Å². The molecule has 0 saturated carbocycles. The minimum absolute atomic E-state index is 0.0186. The van der Waals surface area contributed by atoms with Gasteiger partial charge in [0.1, 0.15) is 0 Å². The van der Waals surface area contributed by atoms with E-state index in [0.717, 1.165) is 4.90 Å². The SMILES string of the molecule is NC(=NO)c1ccc(Cl)cc1Sc1ncccn1. The summed E-state index contributed by atoms with van der Waals surface area (Å²) in [7, 11) is 0. The molecule has 0 aliphatic heterocycles. The highest BCUT2D eigenvalue weighted by Gasteiger charge is 2.10. The van der Waals surface area contributed by atoms with Gasteiger partial charge in [0.05, 0.1) is 0 Å². The lowest BCUT2D eigenvalue weighted by Crippen LogP contribution is -2.14. The first-order chi connectivity index (χ1) is 8.70. The van der Waals surface area contributed by atoms with Gasteiger partial charge in [-0.05, 0) is 36.0 Å². The minimum atomic E-state index is 0.0186. The number of oxime groups is 1. The van der Waals surface area contributed by atoms with Gasteiger partial charge in [-0.1, -0.05) is 16.8 Å². The van der Waals surface area contributed by atoms with Crippen molar-refractivity contribution in [1.29, 1.82) is 0 Å². The molecule has 0 bridgehead atoms. The fraction of sp³-hybridized carbons (Fsp3) is 0. The molecule has 2 rings (SSSR count). The van der Waals surface area contributed by atoms with Crippen molar-refractivity contribution in [2.24, 2.45) is 10.9 Å². The number of hydrogen-bond donors (Lipinski definition) is 2. The fourth-order valence-corrected chi connectivity index (χ4v) is 2.41. The number of aromatic nitrogens is 2. The molecule has 1 aromatic carbocycles. The standard InChI is InChI=1S/C11H9ClN4OS/c12-7-2-3-8(10(13)16-17)9(6-7)18-11-14-4-1-5-15-11/h1-6,17H,(H2,13,16). The van der Waals surface area contributed by atoms with Crippen LogP contribution in [0.2, 0.25) is 5.02 Å². The molecule has 1 heterocycles. The van der Waals surface area contributed by atoms with Gasteiger partial charge < -0.3 is 10.9 Å². The van der Waals surface area contributed by atoms with Crippen molar-refractivity contribution >= 4 is 29.2 Å². The zero-order valence-corrected chi connectivity index (χ0v) is 10.7. The van der Waals surface area contributed by atoms with E-state index in [4.69, 9.17) is 22.5 Å². The summed E-state index contributed by atoms with van der Waals surface area (Å²) in [5, 5.41) is 12.8. The molecule has 2 aromatic rings. The molecule has 0 spiro atoms. The molecule has 0 radical (unpaired) electrons. The van der Waals surface area contributed by atoms with Gasteiger partial charge in [-0.3, -0.25) is 0 Å². The molecule has 7 heteroatoms. The Kier molecular flexibility index (Phi) is 4.01. The largest absolute Gasteiger partial charge is 0.409 e. The smallest absolute Gasteiger partial charge is 0.192 e. The minimum Gasteiger partial charge on any atom is -0.409 e. The van der Waals surface area contributed by atoms with Gasteiger partial charge >= 0.3 is 0 Å². The third-order valence-electron chi connectivity index (χ3n) is 2.07. The van der Waals surface area contributed by atoms with Gasteiger partial charge in [0, 0.05) is 27.9 Å². The number of benzene rings is 1. The Morgan fingerprint density at radius 2 is 2.06 bits per heavy atom. The predicted octanol–water partition coefficient (Wildman–Crippen LogP) is 2.38. The van der Waals surface area contributed by atoms with Crippen molar-refractivity contribution in [2.45, 2.75) is 10.1 Å². The second-order valence-corrected chi connectivity index (χ2v) is 4.70. The second-order valence-electron chi connectivity index (χ2n) is 3.26. The van der Waals surface area contributed by atoms with Crippen molar-refractivity contribution in [1.82, 2.24) is 9.97 Å². The molecule has 5 nitrogen and oxygen atoms in total. The highest BCUT2D eigenvalue weighted by molar-refractivity contribution is 7.99. The van der Waals surface area contributed by atoms with Gasteiger partial charge in [-0.25, -0.2) is 9.97 Å². The van der Waals surface area contributed by atoms with Crippen molar-refractivity contribution < 1.29 is 5.21 Å². The van der Waals surface area contributed by atoms with Crippen LogP contribution in [0.1, 0.15) is 5.56 Å². The summed E-state index contributed by atoms with van der Waals surface area (Å²) < 4.78 is 0. The van der Waals surface area contributed by atoms with Crippen molar-refractivity contribution in [3.63, 3.8) is 0 Å². The highest BCUT2D eigenvalue weighted by Crippen LogP contribution is 2.30. The second kappa shape index (κ2) is 5.70. The van der Waals surface area contributed by atoms with E-state index in [-0.39, 0.29) is 5.84 Å². The van der Waals surface area contributed by atoms with Crippen LogP contribution in [0.4, 0.5) is 0 Å². The topological polar surface area (TPSA) is 84.4 Å². The molecule has 92 valence electrons. The molecule has 0 fully saturated rings. The molecule has 0 aliphatic rings. The number of halogens is 1. The summed E-state index contributed by atoms with van der Waals surface area (Å²) in [6.45, 7) is 0. The molecular weight excluding hydrogens is 272 g/mol. The maximum absolute atomic E-state index is 8.74. The van der Waals surface area contributed by atoms with E-state index in [0.29, 0.717) is 15.7 Å². The summed E-state index contributed by atoms with van der Waals surface area (Å²) >= 11 is 7.23. The number of nitrogens with two attached hydrogens (primary N) is 1. The summed E-state index contributed by atoms with van der Waals surface area (Å²) in [6, 6.07) is 6.80. The van der Waals surface area contributed by atoms with Crippen molar-refractivity contribution in [2.75, 3.05) is 0 Å². The highest BCUT2D eigenvalue weighted by atomic mass is 35.5. The van der Waals surface area contributed by atoms with E-state index < -0.39 is 0 Å². The molecule has 0 saturated heterocycles. The van der Waals surface area contributed by atoms with Crippen molar-refractivity contribution in [3.8, 4) is 0 Å². The zero-order valence-electron chi connectivity index (χ0n) is 9.12. The van der Waals surface area contributed by atoms with E-state index in [2.05, 4.69) is 15.1 Å². The Morgan fingerprint density at radius 1 is 1.33 bits per heavy atom. The fourth-order valence-electron chi connectivity index (χ4n) is 1.28. The Bertz CT molecular complexity index is 577. The van der Waals surface area contributed by atoms with Gasteiger partial charge in [0.15, 0.2) is 11.0 Å². The van der Waals surface area contributed by atoms with Crippen LogP contribution in [0, 0.1) is 0 Å². The lowest BCUT2D eigenvalue weighted by Gasteiger charge is -2.07. The third-order valence-corrected chi connectivity index (χ3v) is 3.26. The Balaban J connectivity index is 2.40. The number of hydrogen-bond acceptors (Lipinski definition) is 5. The van der Waals surface area contributed by atoms with Gasteiger partial charge in [0.25, 0.3) is 0 Å². The van der Waals surface area contributed by atoms with E-state index in [1.807, 2.05) is 0 Å². The molecule has 18 heavy (non-hydrogen) atoms. The summed E-state index contributed by atoms with van der Waals surface area (Å²) in [5.41, 5.74) is 6.18. The molecule has 3 N–H and O–H groups in total. The molecule has 0 atom stereocenters. The van der Waals surface area contributed by atoms with Crippen LogP contribution in [-0.4, -0.2) is 21.0 Å². The Labute approximate surface area is 113 Å². The number of amidine groups is 1. The van der Waals surface area contributed by atoms with Crippen LogP contribution < -0.4 is 5.73 Å². The first-order valence-corrected chi connectivity index (χ1v) is 6.12. The summed E-state index contributed by atoms with van der Waals surface area (Å²) in [6.07, 6.45) is 3.28. The van der Waals surface area contributed by atoms with Crippen LogP contribution >= 0.6 is 23.4 Å². The Morgan fingerprint density at radius 3 is 2.72 bits per heavy atom. The van der Waals surface area contributed by atoms with Crippen LogP contribution in [-0.2, 0) is 0 Å². The first-order valence-electron chi connectivity index (χ1n) is 4.93. The number of rotatable bonds is 3. The molecule has 0 aliphatic carbocycles. The van der Waals surface area contributed by atoms with Crippen LogP contribution in [0.25, 0.3) is 0 Å². The lowest BCUT2D eigenvalue weighted by molar-refractivity contribution is 0.318. The van der Waals surface area contributed by atoms with E-state index in [1.165, 1.54) is 11.8 Å². The van der Waals surface area contributed by atoms with Crippen LogP contribution in [0.15, 0.2) is 51.9 Å². The maximum atomic E-state index is 8.74. The lowest BCUT2D eigenvalue weighted by atomic mass is 10.2. The van der Waals surface area contributed by atoms with Crippen LogP contribution in [0.5, 0.6) is 0 Å². The van der Waals surface area contributed by atoms with E-state index in [1.54, 1.807) is 36.7 Å². The average Bonchev–Trinajstić information content (AvgIpc) is 2.39. The van der Waals surface area contributed by atoms with Crippen LogP contribution in [0.3, 0.4) is 0 Å². The quantitative estimate of drug-likeness (QED) is 0.296. The normalized spacial score (nSPS) is 11.5. The molecule has 1 aromatic heterocycles. The molecule has 0 unspecified atom stereocenters. The van der Waals surface area contributed by atoms with Crippen molar-refractivity contribution in [3.05, 3.63) is 47.2 Å². The maximum Gasteiger partial charge on any atom is 0.192 e.